The minimum Gasteiger partial charge on any atom is -0.455 e. The number of rotatable bonds is 2. The summed E-state index contributed by atoms with van der Waals surface area (Å²) >= 11 is 0. The fourth-order valence-corrected chi connectivity index (χ4v) is 5.81. The molecule has 0 N–H and O–H groups in total. The molecule has 5 aromatic carbocycles. The summed E-state index contributed by atoms with van der Waals surface area (Å²) < 4.78 is 10.6. The van der Waals surface area contributed by atoms with Gasteiger partial charge in [-0.3, -0.25) is 4.40 Å². The molecule has 4 heterocycles. The molecule has 0 aliphatic carbocycles. The Kier molecular flexibility index (Phi) is 3.96. The molecule has 0 saturated heterocycles. The van der Waals surface area contributed by atoms with Crippen LogP contribution in [-0.4, -0.2) is 23.9 Å². The van der Waals surface area contributed by atoms with Crippen molar-refractivity contribution in [2.45, 2.75) is 0 Å². The maximum Gasteiger partial charge on any atom is 0.237 e. The van der Waals surface area contributed by atoms with Gasteiger partial charge in [0.15, 0.2) is 0 Å². The van der Waals surface area contributed by atoms with Crippen LogP contribution < -0.4 is 0 Å². The lowest BCUT2D eigenvalue weighted by molar-refractivity contribution is 0.670. The second kappa shape index (κ2) is 7.52. The first-order valence-electron chi connectivity index (χ1n) is 12.9. The summed E-state index contributed by atoms with van der Waals surface area (Å²) in [5.74, 6) is 1.37. The van der Waals surface area contributed by atoms with Gasteiger partial charge in [0, 0.05) is 27.9 Å². The lowest BCUT2D eigenvalue weighted by Crippen LogP contribution is -2.01. The van der Waals surface area contributed by atoms with Crippen LogP contribution in [0.25, 0.3) is 77.8 Å². The average Bonchev–Trinajstić information content (AvgIpc) is 3.65. The molecule has 9 aromatic rings. The first kappa shape index (κ1) is 20.6. The number of furan rings is 1. The van der Waals surface area contributed by atoms with E-state index >= 15 is 0 Å². The quantitative estimate of drug-likeness (QED) is 0.241. The van der Waals surface area contributed by atoms with Crippen LogP contribution in [0.2, 0.25) is 0 Å². The topological polar surface area (TPSA) is 61.2 Å². The number of benzene rings is 5. The van der Waals surface area contributed by atoms with Crippen LogP contribution in [0.15, 0.2) is 120 Å². The van der Waals surface area contributed by atoms with Crippen LogP contribution in [0.4, 0.5) is 0 Å². The molecule has 6 nitrogen and oxygen atoms in total. The van der Waals surface area contributed by atoms with Gasteiger partial charge in [-0.05, 0) is 42.0 Å². The van der Waals surface area contributed by atoms with E-state index in [4.69, 9.17) is 19.4 Å². The van der Waals surface area contributed by atoms with Crippen LogP contribution in [-0.2, 0) is 0 Å². The number of para-hydroxylation sites is 5. The molecule has 39 heavy (non-hydrogen) atoms. The predicted octanol–water partition coefficient (Wildman–Crippen LogP) is 7.94. The standard InChI is InChI=1S/C33H19N5O/c1-3-12-25-21(8-1)19-34-32(35-25)38-28-17-16-20(18-29(28)37-27-14-5-4-13-26(27)36-33(37)38)22-10-7-11-24-23-9-2-6-15-30(23)39-31(22)24/h1-19H. The number of hydrogen-bond acceptors (Lipinski definition) is 4. The summed E-state index contributed by atoms with van der Waals surface area (Å²) in [6, 6.07) is 37.3. The number of aromatic nitrogens is 5. The molecule has 0 fully saturated rings. The smallest absolute Gasteiger partial charge is 0.237 e. The average molecular weight is 502 g/mol. The Morgan fingerprint density at radius 2 is 1.44 bits per heavy atom. The van der Waals surface area contributed by atoms with Gasteiger partial charge in [0.05, 0.1) is 27.6 Å². The van der Waals surface area contributed by atoms with Gasteiger partial charge in [-0.2, -0.15) is 0 Å². The molecule has 0 atom stereocenters. The highest BCUT2D eigenvalue weighted by atomic mass is 16.3. The van der Waals surface area contributed by atoms with Gasteiger partial charge in [0.25, 0.3) is 0 Å². The van der Waals surface area contributed by atoms with E-state index in [1.807, 2.05) is 65.4 Å². The Labute approximate surface area is 221 Å². The van der Waals surface area contributed by atoms with Crippen molar-refractivity contribution in [3.8, 4) is 17.1 Å². The number of hydrogen-bond donors (Lipinski definition) is 0. The van der Waals surface area contributed by atoms with Crippen molar-refractivity contribution in [2.75, 3.05) is 0 Å². The molecule has 0 aliphatic heterocycles. The van der Waals surface area contributed by atoms with Gasteiger partial charge in [-0.25, -0.2) is 19.5 Å². The van der Waals surface area contributed by atoms with E-state index in [1.54, 1.807) is 0 Å². The molecule has 0 radical (unpaired) electrons. The van der Waals surface area contributed by atoms with Crippen LogP contribution in [0.1, 0.15) is 0 Å². The summed E-state index contributed by atoms with van der Waals surface area (Å²) in [4.78, 5) is 14.7. The Bertz CT molecular complexity index is 2410. The van der Waals surface area contributed by atoms with Crippen LogP contribution >= 0.6 is 0 Å². The first-order chi connectivity index (χ1) is 19.3. The Morgan fingerprint density at radius 1 is 0.615 bits per heavy atom. The highest BCUT2D eigenvalue weighted by Crippen LogP contribution is 2.38. The predicted molar refractivity (Wildman–Crippen MR) is 155 cm³/mol. The van der Waals surface area contributed by atoms with Crippen molar-refractivity contribution in [2.24, 2.45) is 0 Å². The first-order valence-corrected chi connectivity index (χ1v) is 12.9. The van der Waals surface area contributed by atoms with Gasteiger partial charge in [0.2, 0.25) is 11.7 Å². The van der Waals surface area contributed by atoms with E-state index in [-0.39, 0.29) is 0 Å². The zero-order chi connectivity index (χ0) is 25.5. The van der Waals surface area contributed by atoms with Gasteiger partial charge in [-0.1, -0.05) is 72.8 Å². The minimum atomic E-state index is 0.594. The van der Waals surface area contributed by atoms with Crippen molar-refractivity contribution in [1.82, 2.24) is 23.9 Å². The summed E-state index contributed by atoms with van der Waals surface area (Å²) in [6.07, 6.45) is 1.87. The molecular formula is C33H19N5O. The number of nitrogens with zero attached hydrogens (tertiary/aromatic N) is 5. The molecule has 6 heteroatoms. The molecule has 182 valence electrons. The SMILES string of the molecule is c1ccc2nc(-n3c4ccc(-c5cccc6c5oc5ccccc56)cc4n4c5ccccc5nc34)ncc2c1. The van der Waals surface area contributed by atoms with Gasteiger partial charge < -0.3 is 4.42 Å². The molecule has 0 saturated carbocycles. The molecule has 0 bridgehead atoms. The normalized spacial score (nSPS) is 12.1. The largest absolute Gasteiger partial charge is 0.455 e. The summed E-state index contributed by atoms with van der Waals surface area (Å²) in [6.45, 7) is 0. The highest BCUT2D eigenvalue weighted by molar-refractivity contribution is 6.10. The minimum absolute atomic E-state index is 0.594. The lowest BCUT2D eigenvalue weighted by Gasteiger charge is -2.06. The van der Waals surface area contributed by atoms with Gasteiger partial charge in [0.1, 0.15) is 11.2 Å². The molecule has 4 aromatic heterocycles. The second-order valence-corrected chi connectivity index (χ2v) is 9.78. The highest BCUT2D eigenvalue weighted by Gasteiger charge is 2.20. The molecule has 9 rings (SSSR count). The Hall–Kier alpha value is -5.49. The molecule has 0 aliphatic rings. The van der Waals surface area contributed by atoms with E-state index < -0.39 is 0 Å². The van der Waals surface area contributed by atoms with Crippen molar-refractivity contribution < 1.29 is 4.42 Å². The molecular weight excluding hydrogens is 482 g/mol. The van der Waals surface area contributed by atoms with E-state index in [1.165, 1.54) is 0 Å². The fraction of sp³-hybridized carbons (Fsp3) is 0. The maximum absolute atomic E-state index is 6.36. The summed E-state index contributed by atoms with van der Waals surface area (Å²) in [5.41, 5.74) is 8.78. The Morgan fingerprint density at radius 3 is 2.41 bits per heavy atom. The van der Waals surface area contributed by atoms with Crippen molar-refractivity contribution in [3.63, 3.8) is 0 Å². The van der Waals surface area contributed by atoms with Crippen LogP contribution in [0.3, 0.4) is 0 Å². The fourth-order valence-electron chi connectivity index (χ4n) is 5.81. The van der Waals surface area contributed by atoms with Crippen molar-refractivity contribution in [3.05, 3.63) is 115 Å². The third kappa shape index (κ3) is 2.82. The zero-order valence-electron chi connectivity index (χ0n) is 20.6. The Balaban J connectivity index is 1.37. The van der Waals surface area contributed by atoms with E-state index in [9.17, 15) is 0 Å². The van der Waals surface area contributed by atoms with Gasteiger partial charge in [-0.15, -0.1) is 0 Å². The maximum atomic E-state index is 6.36. The van der Waals surface area contributed by atoms with E-state index in [0.717, 1.165) is 71.8 Å². The molecule has 0 amide bonds. The number of imidazole rings is 2. The van der Waals surface area contributed by atoms with Crippen molar-refractivity contribution in [1.29, 1.82) is 0 Å². The van der Waals surface area contributed by atoms with Crippen LogP contribution in [0, 0.1) is 0 Å². The molecule has 0 unspecified atom stereocenters. The van der Waals surface area contributed by atoms with Crippen LogP contribution in [0.5, 0.6) is 0 Å². The molecule has 0 spiro atoms. The zero-order valence-corrected chi connectivity index (χ0v) is 20.6. The third-order valence-corrected chi connectivity index (χ3v) is 7.59. The lowest BCUT2D eigenvalue weighted by atomic mass is 10.0. The second-order valence-electron chi connectivity index (χ2n) is 9.78. The van der Waals surface area contributed by atoms with Gasteiger partial charge >= 0.3 is 0 Å². The van der Waals surface area contributed by atoms with E-state index in [0.29, 0.717) is 5.95 Å². The van der Waals surface area contributed by atoms with E-state index in [2.05, 4.69) is 59.0 Å². The van der Waals surface area contributed by atoms with Crippen molar-refractivity contribution >= 4 is 60.7 Å². The summed E-state index contributed by atoms with van der Waals surface area (Å²) in [7, 11) is 0. The number of fused-ring (bicyclic) bond motifs is 9. The third-order valence-electron chi connectivity index (χ3n) is 7.59. The summed E-state index contributed by atoms with van der Waals surface area (Å²) in [5, 5.41) is 3.24. The monoisotopic (exact) mass is 501 g/mol.